The molecule has 1 aromatic carbocycles. The van der Waals surface area contributed by atoms with Gasteiger partial charge in [0.05, 0.1) is 15.5 Å². The van der Waals surface area contributed by atoms with E-state index in [1.807, 2.05) is 6.92 Å². The van der Waals surface area contributed by atoms with Crippen molar-refractivity contribution in [2.45, 2.75) is 25.8 Å². The Balaban J connectivity index is 2.47. The lowest BCUT2D eigenvalue weighted by atomic mass is 9.97. The predicted molar refractivity (Wildman–Crippen MR) is 81.9 cm³/mol. The minimum absolute atomic E-state index is 0.0612. The van der Waals surface area contributed by atoms with Crippen molar-refractivity contribution in [3.8, 4) is 5.75 Å². The number of nitrogens with one attached hydrogen (secondary N) is 1. The van der Waals surface area contributed by atoms with Crippen LogP contribution in [-0.4, -0.2) is 41.1 Å². The maximum absolute atomic E-state index is 11.3. The van der Waals surface area contributed by atoms with Crippen LogP contribution >= 0.6 is 11.6 Å². The van der Waals surface area contributed by atoms with Crippen LogP contribution in [-0.2, 0) is 0 Å². The fourth-order valence-corrected chi connectivity index (χ4v) is 3.00. The van der Waals surface area contributed by atoms with Crippen LogP contribution in [0.4, 0.5) is 5.69 Å². The molecule has 1 aliphatic rings. The average molecular weight is 314 g/mol. The highest BCUT2D eigenvalue weighted by Crippen LogP contribution is 2.42. The number of phenols is 1. The maximum Gasteiger partial charge on any atom is 0.278 e. The zero-order valence-corrected chi connectivity index (χ0v) is 12.8. The summed E-state index contributed by atoms with van der Waals surface area (Å²) >= 11 is 5.97. The zero-order chi connectivity index (χ0) is 15.4. The van der Waals surface area contributed by atoms with E-state index in [0.29, 0.717) is 5.56 Å². The molecule has 0 aromatic heterocycles. The van der Waals surface area contributed by atoms with Crippen LogP contribution in [0, 0.1) is 10.1 Å². The highest BCUT2D eigenvalue weighted by atomic mass is 35.5. The van der Waals surface area contributed by atoms with Gasteiger partial charge in [0.1, 0.15) is 5.75 Å². The Bertz CT molecular complexity index is 518. The van der Waals surface area contributed by atoms with E-state index in [1.165, 1.54) is 12.1 Å². The Morgan fingerprint density at radius 3 is 2.71 bits per heavy atom. The molecule has 1 heterocycles. The second-order valence-corrected chi connectivity index (χ2v) is 5.58. The Morgan fingerprint density at radius 1 is 1.48 bits per heavy atom. The van der Waals surface area contributed by atoms with E-state index in [1.54, 1.807) is 0 Å². The highest BCUT2D eigenvalue weighted by Gasteiger charge is 2.31. The van der Waals surface area contributed by atoms with Crippen molar-refractivity contribution in [2.24, 2.45) is 0 Å². The second-order valence-electron chi connectivity index (χ2n) is 5.18. The van der Waals surface area contributed by atoms with Crippen LogP contribution in [0.25, 0.3) is 0 Å². The summed E-state index contributed by atoms with van der Waals surface area (Å²) in [6, 6.07) is 2.57. The first-order valence-corrected chi connectivity index (χ1v) is 7.54. The number of hydrogen-bond acceptors (Lipinski definition) is 5. The summed E-state index contributed by atoms with van der Waals surface area (Å²) in [5, 5.41) is 25.0. The number of aromatic hydroxyl groups is 1. The fourth-order valence-electron chi connectivity index (χ4n) is 2.84. The SMILES string of the molecule is CCC[C@H](c1c([N+](=O)[O-])ccc(Cl)c1O)N1CCNCC1. The van der Waals surface area contributed by atoms with Crippen molar-refractivity contribution in [3.05, 3.63) is 32.8 Å². The second kappa shape index (κ2) is 7.06. The third-order valence-electron chi connectivity index (χ3n) is 3.83. The molecule has 116 valence electrons. The molecule has 21 heavy (non-hydrogen) atoms. The Kier molecular flexibility index (Phi) is 5.39. The number of halogens is 1. The number of phenolic OH excluding ortho intramolecular Hbond substituents is 1. The summed E-state index contributed by atoms with van der Waals surface area (Å²) in [5.41, 5.74) is 0.283. The summed E-state index contributed by atoms with van der Waals surface area (Å²) in [6.07, 6.45) is 1.62. The molecule has 1 fully saturated rings. The number of benzene rings is 1. The Morgan fingerprint density at radius 2 is 2.14 bits per heavy atom. The van der Waals surface area contributed by atoms with E-state index in [0.717, 1.165) is 39.0 Å². The molecule has 0 unspecified atom stereocenters. The van der Waals surface area contributed by atoms with Gasteiger partial charge in [-0.25, -0.2) is 0 Å². The predicted octanol–water partition coefficient (Wildman–Crippen LogP) is 2.70. The van der Waals surface area contributed by atoms with Crippen molar-refractivity contribution in [1.82, 2.24) is 10.2 Å². The Hall–Kier alpha value is -1.37. The van der Waals surface area contributed by atoms with E-state index in [-0.39, 0.29) is 22.5 Å². The van der Waals surface area contributed by atoms with Gasteiger partial charge in [0.2, 0.25) is 0 Å². The molecular weight excluding hydrogens is 294 g/mol. The molecule has 1 saturated heterocycles. The lowest BCUT2D eigenvalue weighted by Crippen LogP contribution is -2.45. The largest absolute Gasteiger partial charge is 0.506 e. The fraction of sp³-hybridized carbons (Fsp3) is 0.571. The van der Waals surface area contributed by atoms with Crippen LogP contribution < -0.4 is 5.32 Å². The normalized spacial score (nSPS) is 17.6. The molecule has 2 N–H and O–H groups in total. The van der Waals surface area contributed by atoms with Crippen molar-refractivity contribution in [1.29, 1.82) is 0 Å². The molecule has 1 aliphatic heterocycles. The molecule has 2 rings (SSSR count). The van der Waals surface area contributed by atoms with Gasteiger partial charge in [-0.05, 0) is 12.5 Å². The lowest BCUT2D eigenvalue weighted by Gasteiger charge is -2.35. The molecule has 6 nitrogen and oxygen atoms in total. The molecule has 7 heteroatoms. The summed E-state index contributed by atoms with van der Waals surface area (Å²) in [7, 11) is 0. The highest BCUT2D eigenvalue weighted by molar-refractivity contribution is 6.32. The van der Waals surface area contributed by atoms with E-state index in [9.17, 15) is 15.2 Å². The minimum atomic E-state index is -0.448. The van der Waals surface area contributed by atoms with Gasteiger partial charge in [0.25, 0.3) is 5.69 Å². The van der Waals surface area contributed by atoms with E-state index >= 15 is 0 Å². The van der Waals surface area contributed by atoms with E-state index in [4.69, 9.17) is 11.6 Å². The molecule has 0 amide bonds. The van der Waals surface area contributed by atoms with E-state index < -0.39 is 4.92 Å². The van der Waals surface area contributed by atoms with Crippen LogP contribution in [0.1, 0.15) is 31.4 Å². The number of nitrogens with zero attached hydrogens (tertiary/aromatic N) is 2. The lowest BCUT2D eigenvalue weighted by molar-refractivity contribution is -0.386. The number of nitro groups is 1. The van der Waals surface area contributed by atoms with Gasteiger partial charge < -0.3 is 10.4 Å². The molecular formula is C14H20ClN3O3. The van der Waals surface area contributed by atoms with Crippen molar-refractivity contribution >= 4 is 17.3 Å². The van der Waals surface area contributed by atoms with Gasteiger partial charge >= 0.3 is 0 Å². The van der Waals surface area contributed by atoms with Crippen LogP contribution in [0.5, 0.6) is 5.75 Å². The number of hydrogen-bond donors (Lipinski definition) is 2. The first-order chi connectivity index (χ1) is 10.1. The van der Waals surface area contributed by atoms with Crippen LogP contribution in [0.15, 0.2) is 12.1 Å². The van der Waals surface area contributed by atoms with Crippen molar-refractivity contribution in [3.63, 3.8) is 0 Å². The van der Waals surface area contributed by atoms with Gasteiger partial charge in [0, 0.05) is 38.3 Å². The summed E-state index contributed by atoms with van der Waals surface area (Å²) in [6.45, 7) is 5.31. The first kappa shape index (κ1) is 16.0. The Labute approximate surface area is 128 Å². The summed E-state index contributed by atoms with van der Waals surface area (Å²) < 4.78 is 0. The summed E-state index contributed by atoms with van der Waals surface area (Å²) in [5.74, 6) is -0.164. The van der Waals surface area contributed by atoms with Gasteiger partial charge in [-0.1, -0.05) is 24.9 Å². The molecule has 0 aliphatic carbocycles. The third kappa shape index (κ3) is 3.45. The first-order valence-electron chi connectivity index (χ1n) is 7.16. The van der Waals surface area contributed by atoms with Gasteiger partial charge in [-0.3, -0.25) is 15.0 Å². The summed E-state index contributed by atoms with van der Waals surface area (Å²) in [4.78, 5) is 13.0. The number of nitro benzene ring substituents is 1. The average Bonchev–Trinajstić information content (AvgIpc) is 2.48. The molecule has 0 radical (unpaired) electrons. The maximum atomic E-state index is 11.3. The van der Waals surface area contributed by atoms with Crippen LogP contribution in [0.3, 0.4) is 0 Å². The van der Waals surface area contributed by atoms with Crippen molar-refractivity contribution in [2.75, 3.05) is 26.2 Å². The third-order valence-corrected chi connectivity index (χ3v) is 4.13. The monoisotopic (exact) mass is 313 g/mol. The van der Waals surface area contributed by atoms with Gasteiger partial charge in [-0.2, -0.15) is 0 Å². The molecule has 0 bridgehead atoms. The standard InChI is InChI=1S/C14H20ClN3O3/c1-2-3-11(17-8-6-16-7-9-17)13-12(18(20)21)5-4-10(15)14(13)19/h4-5,11,16,19H,2-3,6-9H2,1H3/t11-/m1/s1. The minimum Gasteiger partial charge on any atom is -0.506 e. The van der Waals surface area contributed by atoms with Gasteiger partial charge in [0.15, 0.2) is 0 Å². The molecule has 1 atom stereocenters. The van der Waals surface area contributed by atoms with Gasteiger partial charge in [-0.15, -0.1) is 0 Å². The van der Waals surface area contributed by atoms with Crippen molar-refractivity contribution < 1.29 is 10.0 Å². The zero-order valence-electron chi connectivity index (χ0n) is 12.0. The van der Waals surface area contributed by atoms with Crippen LogP contribution in [0.2, 0.25) is 5.02 Å². The molecule has 1 aromatic rings. The quantitative estimate of drug-likeness (QED) is 0.645. The molecule has 0 saturated carbocycles. The van der Waals surface area contributed by atoms with E-state index in [2.05, 4.69) is 10.2 Å². The topological polar surface area (TPSA) is 78.6 Å². The molecule has 0 spiro atoms. The number of piperazine rings is 1. The smallest absolute Gasteiger partial charge is 0.278 e. The number of rotatable bonds is 5.